The molecule has 0 saturated heterocycles. The third-order valence-electron chi connectivity index (χ3n) is 9.27. The lowest BCUT2D eigenvalue weighted by molar-refractivity contribution is 1.18. The highest BCUT2D eigenvalue weighted by atomic mass is 32.1. The van der Waals surface area contributed by atoms with E-state index >= 15 is 0 Å². The molecule has 0 spiro atoms. The fraction of sp³-hybridized carbons (Fsp3) is 0. The normalized spacial score (nSPS) is 11.7. The van der Waals surface area contributed by atoms with Gasteiger partial charge in [-0.3, -0.25) is 0 Å². The summed E-state index contributed by atoms with van der Waals surface area (Å²) >= 11 is 3.47. The molecule has 3 nitrogen and oxygen atoms in total. The van der Waals surface area contributed by atoms with Gasteiger partial charge in [-0.25, -0.2) is 9.97 Å². The average molecular weight is 662 g/mol. The number of thiazole rings is 2. The molecular weight excluding hydrogens is 635 g/mol. The van der Waals surface area contributed by atoms with Crippen LogP contribution in [0.4, 0.5) is 0 Å². The molecule has 0 saturated carbocycles. The Morgan fingerprint density at radius 2 is 0.776 bits per heavy atom. The highest BCUT2D eigenvalue weighted by molar-refractivity contribution is 7.22. The van der Waals surface area contributed by atoms with E-state index < -0.39 is 0 Å². The second kappa shape index (κ2) is 11.4. The SMILES string of the molecule is c1ccc2sc(-c3ccc(-c4cc(-c5ccc(-c6nc7ccccc7s6)cc5)cc(-n5c6ccccc6c6ccccc65)c4)cc3)nc2c1. The van der Waals surface area contributed by atoms with Crippen molar-refractivity contribution in [3.05, 3.63) is 164 Å². The van der Waals surface area contributed by atoms with Crippen molar-refractivity contribution in [1.29, 1.82) is 0 Å². The molecule has 0 amide bonds. The minimum atomic E-state index is 1.04. The summed E-state index contributed by atoms with van der Waals surface area (Å²) in [4.78, 5) is 9.80. The van der Waals surface area contributed by atoms with Gasteiger partial charge in [-0.05, 0) is 76.9 Å². The molecule has 10 rings (SSSR count). The second-order valence-corrected chi connectivity index (χ2v) is 14.3. The van der Waals surface area contributed by atoms with Crippen molar-refractivity contribution in [3.8, 4) is 49.1 Å². The summed E-state index contributed by atoms with van der Waals surface area (Å²) in [5.41, 5.74) is 12.6. The van der Waals surface area contributed by atoms with E-state index in [4.69, 9.17) is 9.97 Å². The molecule has 7 aromatic carbocycles. The lowest BCUT2D eigenvalue weighted by Crippen LogP contribution is -1.96. The maximum atomic E-state index is 4.90. The zero-order chi connectivity index (χ0) is 32.3. The molecule has 10 aromatic rings. The quantitative estimate of drug-likeness (QED) is 0.184. The zero-order valence-electron chi connectivity index (χ0n) is 26.2. The van der Waals surface area contributed by atoms with Crippen LogP contribution in [0, 0.1) is 0 Å². The highest BCUT2D eigenvalue weighted by Gasteiger charge is 2.15. The highest BCUT2D eigenvalue weighted by Crippen LogP contribution is 2.38. The summed E-state index contributed by atoms with van der Waals surface area (Å²) in [7, 11) is 0. The number of nitrogens with zero attached hydrogens (tertiary/aromatic N) is 3. The van der Waals surface area contributed by atoms with Gasteiger partial charge < -0.3 is 4.57 Å². The van der Waals surface area contributed by atoms with Gasteiger partial charge in [0.2, 0.25) is 0 Å². The molecule has 0 aliphatic rings. The van der Waals surface area contributed by atoms with E-state index in [-0.39, 0.29) is 0 Å². The van der Waals surface area contributed by atoms with Gasteiger partial charge in [-0.2, -0.15) is 0 Å². The van der Waals surface area contributed by atoms with Crippen molar-refractivity contribution >= 4 is 64.9 Å². The molecule has 0 bridgehead atoms. The maximum absolute atomic E-state index is 4.90. The van der Waals surface area contributed by atoms with Gasteiger partial charge in [0, 0.05) is 27.6 Å². The van der Waals surface area contributed by atoms with Crippen LogP contribution in [0.5, 0.6) is 0 Å². The number of hydrogen-bond acceptors (Lipinski definition) is 4. The number of rotatable bonds is 5. The van der Waals surface area contributed by atoms with E-state index in [0.717, 1.165) is 37.9 Å². The molecule has 0 aliphatic heterocycles. The first kappa shape index (κ1) is 28.2. The Hall–Kier alpha value is -5.88. The first-order chi connectivity index (χ1) is 24.2. The second-order valence-electron chi connectivity index (χ2n) is 12.3. The third kappa shape index (κ3) is 4.86. The van der Waals surface area contributed by atoms with Crippen molar-refractivity contribution in [2.24, 2.45) is 0 Å². The van der Waals surface area contributed by atoms with Gasteiger partial charge in [0.15, 0.2) is 0 Å². The molecule has 5 heteroatoms. The fourth-order valence-electron chi connectivity index (χ4n) is 6.88. The van der Waals surface area contributed by atoms with Crippen LogP contribution in [0.25, 0.3) is 91.3 Å². The van der Waals surface area contributed by atoms with Crippen molar-refractivity contribution in [2.45, 2.75) is 0 Å². The summed E-state index contributed by atoms with van der Waals surface area (Å²) in [6.45, 7) is 0. The fourth-order valence-corrected chi connectivity index (χ4v) is 8.82. The van der Waals surface area contributed by atoms with Gasteiger partial charge in [0.1, 0.15) is 10.0 Å². The molecule has 230 valence electrons. The summed E-state index contributed by atoms with van der Waals surface area (Å²) in [6.07, 6.45) is 0. The topological polar surface area (TPSA) is 30.7 Å². The van der Waals surface area contributed by atoms with Gasteiger partial charge in [-0.1, -0.05) is 109 Å². The Morgan fingerprint density at radius 3 is 1.24 bits per heavy atom. The van der Waals surface area contributed by atoms with Gasteiger partial charge in [0.25, 0.3) is 0 Å². The first-order valence-corrected chi connectivity index (χ1v) is 17.9. The number of aromatic nitrogens is 3. The van der Waals surface area contributed by atoms with Crippen LogP contribution in [0.3, 0.4) is 0 Å². The first-order valence-electron chi connectivity index (χ1n) is 16.3. The molecule has 0 unspecified atom stereocenters. The maximum Gasteiger partial charge on any atom is 0.124 e. The molecule has 0 radical (unpaired) electrons. The molecule has 0 aliphatic carbocycles. The minimum Gasteiger partial charge on any atom is -0.309 e. The zero-order valence-corrected chi connectivity index (χ0v) is 27.9. The molecule has 49 heavy (non-hydrogen) atoms. The molecule has 0 atom stereocenters. The van der Waals surface area contributed by atoms with Crippen LogP contribution in [0.15, 0.2) is 164 Å². The third-order valence-corrected chi connectivity index (χ3v) is 11.4. The largest absolute Gasteiger partial charge is 0.309 e. The Labute approximate surface area is 291 Å². The van der Waals surface area contributed by atoms with Gasteiger partial charge in [-0.15, -0.1) is 22.7 Å². The standard InChI is InChI=1S/C44H27N3S2/c1-5-13-39-35(9-1)36-10-2-6-14-40(36)47(39)34-26-32(28-17-21-30(22-18-28)43-45-37-11-3-7-15-41(37)48-43)25-33(27-34)29-19-23-31(24-20-29)44-46-38-12-4-8-16-42(38)49-44/h1-27H. The molecule has 3 aromatic heterocycles. The predicted molar refractivity (Wildman–Crippen MR) is 209 cm³/mol. The smallest absolute Gasteiger partial charge is 0.124 e. The van der Waals surface area contributed by atoms with Crippen LogP contribution >= 0.6 is 22.7 Å². The molecular formula is C44H27N3S2. The lowest BCUT2D eigenvalue weighted by atomic mass is 9.96. The van der Waals surface area contributed by atoms with E-state index in [1.165, 1.54) is 53.5 Å². The van der Waals surface area contributed by atoms with Crippen molar-refractivity contribution in [3.63, 3.8) is 0 Å². The summed E-state index contributed by atoms with van der Waals surface area (Å²) in [6, 6.07) is 58.8. The Balaban J connectivity index is 1.11. The van der Waals surface area contributed by atoms with Crippen molar-refractivity contribution in [2.75, 3.05) is 0 Å². The van der Waals surface area contributed by atoms with Crippen LogP contribution in [-0.4, -0.2) is 14.5 Å². The van der Waals surface area contributed by atoms with E-state index in [2.05, 4.69) is 156 Å². The lowest BCUT2D eigenvalue weighted by Gasteiger charge is -2.14. The number of fused-ring (bicyclic) bond motifs is 5. The monoisotopic (exact) mass is 661 g/mol. The van der Waals surface area contributed by atoms with Crippen LogP contribution in [0.1, 0.15) is 0 Å². The van der Waals surface area contributed by atoms with Gasteiger partial charge >= 0.3 is 0 Å². The molecule has 3 heterocycles. The van der Waals surface area contributed by atoms with E-state index in [0.29, 0.717) is 0 Å². The van der Waals surface area contributed by atoms with E-state index in [1.807, 2.05) is 12.1 Å². The Bertz CT molecular complexity index is 2570. The number of para-hydroxylation sites is 4. The predicted octanol–water partition coefficient (Wildman–Crippen LogP) is 12.7. The van der Waals surface area contributed by atoms with Gasteiger partial charge in [0.05, 0.1) is 31.5 Å². The molecule has 0 N–H and O–H groups in total. The summed E-state index contributed by atoms with van der Waals surface area (Å²) < 4.78 is 4.82. The molecule has 0 fully saturated rings. The number of hydrogen-bond donors (Lipinski definition) is 0. The summed E-state index contributed by atoms with van der Waals surface area (Å²) in [5.74, 6) is 0. The summed E-state index contributed by atoms with van der Waals surface area (Å²) in [5, 5.41) is 4.59. The average Bonchev–Trinajstić information content (AvgIpc) is 3.89. The number of benzene rings is 7. The van der Waals surface area contributed by atoms with Crippen molar-refractivity contribution < 1.29 is 0 Å². The Kier molecular flexibility index (Phi) is 6.54. The van der Waals surface area contributed by atoms with E-state index in [1.54, 1.807) is 22.7 Å². The van der Waals surface area contributed by atoms with Crippen LogP contribution in [0.2, 0.25) is 0 Å². The van der Waals surface area contributed by atoms with Crippen molar-refractivity contribution in [1.82, 2.24) is 14.5 Å². The Morgan fingerprint density at radius 1 is 0.367 bits per heavy atom. The van der Waals surface area contributed by atoms with Crippen LogP contribution in [-0.2, 0) is 0 Å². The minimum absolute atomic E-state index is 1.04. The van der Waals surface area contributed by atoms with Crippen LogP contribution < -0.4 is 0 Å². The van der Waals surface area contributed by atoms with E-state index in [9.17, 15) is 0 Å².